The van der Waals surface area contributed by atoms with E-state index in [-0.39, 0.29) is 17.3 Å². The van der Waals surface area contributed by atoms with Gasteiger partial charge >= 0.3 is 0 Å². The molecule has 2 aromatic rings. The number of carbonyl (C=O) groups is 1. The summed E-state index contributed by atoms with van der Waals surface area (Å²) in [5.41, 5.74) is 2.01. The molecule has 3 heterocycles. The van der Waals surface area contributed by atoms with E-state index in [1.54, 1.807) is 35.1 Å². The molecule has 23 heavy (non-hydrogen) atoms. The van der Waals surface area contributed by atoms with E-state index in [2.05, 4.69) is 21.7 Å². The van der Waals surface area contributed by atoms with Crippen molar-refractivity contribution in [3.05, 3.63) is 46.7 Å². The van der Waals surface area contributed by atoms with Gasteiger partial charge in [0.1, 0.15) is 17.2 Å². The lowest BCUT2D eigenvalue weighted by Crippen LogP contribution is -2.33. The summed E-state index contributed by atoms with van der Waals surface area (Å²) in [6.45, 7) is 0. The van der Waals surface area contributed by atoms with Crippen molar-refractivity contribution in [2.75, 3.05) is 17.8 Å². The fourth-order valence-electron chi connectivity index (χ4n) is 2.93. The third-order valence-electron chi connectivity index (χ3n) is 4.08. The molecule has 1 amide bonds. The van der Waals surface area contributed by atoms with E-state index in [1.165, 1.54) is 5.56 Å². The average Bonchev–Trinajstić information content (AvgIpc) is 3.28. The van der Waals surface area contributed by atoms with E-state index in [9.17, 15) is 4.79 Å². The molecule has 4 rings (SSSR count). The predicted molar refractivity (Wildman–Crippen MR) is 98.2 cm³/mol. The number of hydrogen-bond acceptors (Lipinski definition) is 5. The van der Waals surface area contributed by atoms with Crippen LogP contribution in [0.4, 0.5) is 5.69 Å². The minimum atomic E-state index is -0.167. The molecule has 118 valence electrons. The monoisotopic (exact) mass is 362 g/mol. The third kappa shape index (κ3) is 2.34. The molecule has 7 heteroatoms. The summed E-state index contributed by atoms with van der Waals surface area (Å²) in [5.74, 6) is 1.59. The number of hydrogen-bond donors (Lipinski definition) is 0. The van der Waals surface area contributed by atoms with Crippen molar-refractivity contribution in [1.82, 2.24) is 4.90 Å². The number of methoxy groups -OCH3 is 1. The Hall–Kier alpha value is -1.57. The number of thiocarbonyl (C=S) groups is 1. The van der Waals surface area contributed by atoms with Crippen LogP contribution in [-0.4, -0.2) is 34.8 Å². The summed E-state index contributed by atoms with van der Waals surface area (Å²) in [6, 6.07) is 9.38. The second kappa shape index (κ2) is 5.81. The Kier molecular flexibility index (Phi) is 3.79. The molecule has 2 fully saturated rings. The van der Waals surface area contributed by atoms with Gasteiger partial charge < -0.3 is 9.64 Å². The molecule has 1 aromatic heterocycles. The van der Waals surface area contributed by atoms with Crippen LogP contribution < -0.4 is 9.64 Å². The molecule has 2 atom stereocenters. The van der Waals surface area contributed by atoms with Gasteiger partial charge in [0.15, 0.2) is 5.11 Å². The summed E-state index contributed by atoms with van der Waals surface area (Å²) in [6.07, 6.45) is 0. The smallest absolute Gasteiger partial charge is 0.257 e. The van der Waals surface area contributed by atoms with Crippen molar-refractivity contribution in [2.24, 2.45) is 0 Å². The molecule has 0 radical (unpaired) electrons. The molecule has 0 saturated carbocycles. The van der Waals surface area contributed by atoms with Gasteiger partial charge in [0.25, 0.3) is 5.91 Å². The van der Waals surface area contributed by atoms with Gasteiger partial charge in [0, 0.05) is 5.75 Å². The van der Waals surface area contributed by atoms with Crippen LogP contribution in [0.25, 0.3) is 0 Å². The van der Waals surface area contributed by atoms with Crippen LogP contribution >= 0.6 is 35.3 Å². The number of benzene rings is 1. The Labute approximate surface area is 148 Å². The van der Waals surface area contributed by atoms with Gasteiger partial charge in [-0.05, 0) is 58.9 Å². The Bertz CT molecular complexity index is 745. The molecular formula is C16H14N2O2S3. The molecule has 0 spiro atoms. The first-order chi connectivity index (χ1) is 11.2. The quantitative estimate of drug-likeness (QED) is 0.781. The topological polar surface area (TPSA) is 32.8 Å². The van der Waals surface area contributed by atoms with Crippen molar-refractivity contribution in [3.8, 4) is 5.75 Å². The van der Waals surface area contributed by atoms with Crippen LogP contribution in [0.1, 0.15) is 10.9 Å². The third-order valence-corrected chi connectivity index (χ3v) is 6.50. The normalized spacial score (nSPS) is 23.5. The molecule has 1 aromatic carbocycles. The van der Waals surface area contributed by atoms with Crippen LogP contribution in [0.5, 0.6) is 5.75 Å². The summed E-state index contributed by atoms with van der Waals surface area (Å²) >= 11 is 9.09. The lowest BCUT2D eigenvalue weighted by atomic mass is 10.2. The van der Waals surface area contributed by atoms with Crippen LogP contribution in [0, 0.1) is 0 Å². The predicted octanol–water partition coefficient (Wildman–Crippen LogP) is 3.50. The number of ether oxygens (including phenoxy) is 1. The lowest BCUT2D eigenvalue weighted by Gasteiger charge is -2.24. The summed E-state index contributed by atoms with van der Waals surface area (Å²) in [4.78, 5) is 16.6. The lowest BCUT2D eigenvalue weighted by molar-refractivity contribution is -0.119. The molecule has 4 nitrogen and oxygen atoms in total. The van der Waals surface area contributed by atoms with E-state index in [0.717, 1.165) is 17.2 Å². The van der Waals surface area contributed by atoms with Crippen molar-refractivity contribution in [2.45, 2.75) is 11.4 Å². The number of thiophene rings is 1. The van der Waals surface area contributed by atoms with E-state index < -0.39 is 0 Å². The van der Waals surface area contributed by atoms with Crippen LogP contribution in [0.15, 0.2) is 41.1 Å². The zero-order valence-corrected chi connectivity index (χ0v) is 14.8. The highest BCUT2D eigenvalue weighted by Gasteiger charge is 2.50. The molecule has 2 aliphatic rings. The van der Waals surface area contributed by atoms with Gasteiger partial charge in [-0.1, -0.05) is 0 Å². The van der Waals surface area contributed by atoms with E-state index in [0.29, 0.717) is 5.11 Å². The van der Waals surface area contributed by atoms with Crippen molar-refractivity contribution in [3.63, 3.8) is 0 Å². The SMILES string of the molecule is COc1ccc(N2C(=O)[C@@H]3CS[C@H](c4ccsc4)N3C2=S)cc1. The summed E-state index contributed by atoms with van der Waals surface area (Å²) in [5, 5.41) is 4.91. The van der Waals surface area contributed by atoms with E-state index >= 15 is 0 Å². The second-order valence-corrected chi connectivity index (χ2v) is 7.58. The molecule has 2 aliphatic heterocycles. The first-order valence-electron chi connectivity index (χ1n) is 7.14. The summed E-state index contributed by atoms with van der Waals surface area (Å²) < 4.78 is 5.18. The zero-order valence-electron chi connectivity index (χ0n) is 12.3. The highest BCUT2D eigenvalue weighted by atomic mass is 32.2. The largest absolute Gasteiger partial charge is 0.497 e. The minimum absolute atomic E-state index is 0.0606. The highest BCUT2D eigenvalue weighted by molar-refractivity contribution is 7.99. The molecular weight excluding hydrogens is 348 g/mol. The molecule has 0 N–H and O–H groups in total. The van der Waals surface area contributed by atoms with E-state index in [4.69, 9.17) is 17.0 Å². The maximum absolute atomic E-state index is 12.8. The number of carbonyl (C=O) groups excluding carboxylic acids is 1. The number of thioether (sulfide) groups is 1. The molecule has 0 unspecified atom stereocenters. The van der Waals surface area contributed by atoms with E-state index in [1.807, 2.05) is 24.3 Å². The number of anilines is 1. The zero-order chi connectivity index (χ0) is 16.0. The molecule has 0 bridgehead atoms. The number of fused-ring (bicyclic) bond motifs is 1. The van der Waals surface area contributed by atoms with Crippen molar-refractivity contribution < 1.29 is 9.53 Å². The number of rotatable bonds is 3. The van der Waals surface area contributed by atoms with Gasteiger partial charge in [-0.15, -0.1) is 11.8 Å². The number of nitrogens with zero attached hydrogens (tertiary/aromatic N) is 2. The molecule has 0 aliphatic carbocycles. The fourth-order valence-corrected chi connectivity index (χ4v) is 5.60. The maximum atomic E-state index is 12.8. The second-order valence-electron chi connectivity index (χ2n) is 5.32. The van der Waals surface area contributed by atoms with Gasteiger partial charge in [0.2, 0.25) is 0 Å². The van der Waals surface area contributed by atoms with Crippen LogP contribution in [-0.2, 0) is 4.79 Å². The first-order valence-corrected chi connectivity index (χ1v) is 9.54. The van der Waals surface area contributed by atoms with Crippen molar-refractivity contribution >= 4 is 52.0 Å². The Balaban J connectivity index is 1.66. The Morgan fingerprint density at radius 3 is 2.70 bits per heavy atom. The highest BCUT2D eigenvalue weighted by Crippen LogP contribution is 2.46. The van der Waals surface area contributed by atoms with Gasteiger partial charge in [-0.3, -0.25) is 9.69 Å². The van der Waals surface area contributed by atoms with Gasteiger partial charge in [0.05, 0.1) is 12.8 Å². The van der Waals surface area contributed by atoms with Crippen LogP contribution in [0.2, 0.25) is 0 Å². The van der Waals surface area contributed by atoms with Crippen LogP contribution in [0.3, 0.4) is 0 Å². The minimum Gasteiger partial charge on any atom is -0.497 e. The average molecular weight is 363 g/mol. The van der Waals surface area contributed by atoms with Crippen molar-refractivity contribution in [1.29, 1.82) is 0 Å². The molecule has 2 saturated heterocycles. The fraction of sp³-hybridized carbons (Fsp3) is 0.250. The standard InChI is InChI=1S/C16H14N2O2S3/c1-20-12-4-2-11(3-5-12)17-14(19)13-9-23-15(18(13)16(17)21)10-6-7-22-8-10/h2-8,13,15H,9H2,1H3/t13-,15+/m0/s1. The maximum Gasteiger partial charge on any atom is 0.257 e. The van der Waals surface area contributed by atoms with Gasteiger partial charge in [-0.2, -0.15) is 11.3 Å². The summed E-state index contributed by atoms with van der Waals surface area (Å²) in [7, 11) is 1.62. The number of amides is 1. The Morgan fingerprint density at radius 2 is 2.04 bits per heavy atom. The first kappa shape index (κ1) is 15.0. The Morgan fingerprint density at radius 1 is 1.26 bits per heavy atom. The van der Waals surface area contributed by atoms with Gasteiger partial charge in [-0.25, -0.2) is 0 Å².